The van der Waals surface area contributed by atoms with Gasteiger partial charge in [-0.15, -0.1) is 0 Å². The highest BCUT2D eigenvalue weighted by Crippen LogP contribution is 2.18. The molecule has 0 aliphatic heterocycles. The first-order valence-electron chi connectivity index (χ1n) is 6.99. The van der Waals surface area contributed by atoms with Crippen molar-refractivity contribution >= 4 is 5.91 Å². The average molecular weight is 279 g/mol. The number of benzene rings is 1. The van der Waals surface area contributed by atoms with Crippen LogP contribution in [0.15, 0.2) is 24.3 Å². The normalized spacial score (nSPS) is 12.8. The van der Waals surface area contributed by atoms with Gasteiger partial charge in [0.2, 0.25) is 5.91 Å². The SMILES string of the molecule is CCOc1ccc(CC(=O)NCC(O)C(C)(C)C)cc1. The van der Waals surface area contributed by atoms with Crippen molar-refractivity contribution in [3.63, 3.8) is 0 Å². The van der Waals surface area contributed by atoms with Gasteiger partial charge in [-0.3, -0.25) is 4.79 Å². The first kappa shape index (κ1) is 16.5. The van der Waals surface area contributed by atoms with E-state index in [-0.39, 0.29) is 17.9 Å². The molecule has 0 aliphatic carbocycles. The topological polar surface area (TPSA) is 58.6 Å². The van der Waals surface area contributed by atoms with Crippen molar-refractivity contribution in [3.05, 3.63) is 29.8 Å². The molecule has 1 rings (SSSR count). The lowest BCUT2D eigenvalue weighted by atomic mass is 9.89. The number of carbonyl (C=O) groups is 1. The Hall–Kier alpha value is -1.55. The Labute approximate surface area is 121 Å². The van der Waals surface area contributed by atoms with Crippen molar-refractivity contribution in [3.8, 4) is 5.75 Å². The molecule has 0 aliphatic rings. The summed E-state index contributed by atoms with van der Waals surface area (Å²) >= 11 is 0. The van der Waals surface area contributed by atoms with Crippen LogP contribution in [0.3, 0.4) is 0 Å². The molecule has 1 aromatic rings. The lowest BCUT2D eigenvalue weighted by Gasteiger charge is -2.25. The first-order chi connectivity index (χ1) is 9.32. The summed E-state index contributed by atoms with van der Waals surface area (Å²) in [6.07, 6.45) is -0.240. The van der Waals surface area contributed by atoms with E-state index in [1.807, 2.05) is 52.0 Å². The van der Waals surface area contributed by atoms with Crippen LogP contribution in [-0.4, -0.2) is 30.3 Å². The molecule has 0 radical (unpaired) electrons. The predicted molar refractivity (Wildman–Crippen MR) is 79.8 cm³/mol. The molecular formula is C16H25NO3. The van der Waals surface area contributed by atoms with Crippen LogP contribution < -0.4 is 10.1 Å². The second kappa shape index (κ2) is 7.29. The maximum Gasteiger partial charge on any atom is 0.224 e. The number of rotatable bonds is 6. The summed E-state index contributed by atoms with van der Waals surface area (Å²) < 4.78 is 5.35. The second-order valence-electron chi connectivity index (χ2n) is 5.94. The molecule has 1 aromatic carbocycles. The minimum Gasteiger partial charge on any atom is -0.494 e. The van der Waals surface area contributed by atoms with Crippen LogP contribution >= 0.6 is 0 Å². The number of hydrogen-bond acceptors (Lipinski definition) is 3. The highest BCUT2D eigenvalue weighted by Gasteiger charge is 2.22. The van der Waals surface area contributed by atoms with Crippen LogP contribution in [0, 0.1) is 5.41 Å². The third-order valence-corrected chi connectivity index (χ3v) is 3.09. The molecule has 112 valence electrons. The van der Waals surface area contributed by atoms with Gasteiger partial charge in [0.25, 0.3) is 0 Å². The number of nitrogens with one attached hydrogen (secondary N) is 1. The highest BCUT2D eigenvalue weighted by molar-refractivity contribution is 5.78. The number of amides is 1. The van der Waals surface area contributed by atoms with Crippen LogP contribution in [0.2, 0.25) is 0 Å². The standard InChI is InChI=1S/C16H25NO3/c1-5-20-13-8-6-12(7-9-13)10-15(19)17-11-14(18)16(2,3)4/h6-9,14,18H,5,10-11H2,1-4H3,(H,17,19). The molecule has 1 unspecified atom stereocenters. The molecule has 1 amide bonds. The van der Waals surface area contributed by atoms with Crippen molar-refractivity contribution in [2.45, 2.75) is 40.2 Å². The Morgan fingerprint density at radius 3 is 2.40 bits per heavy atom. The van der Waals surface area contributed by atoms with E-state index >= 15 is 0 Å². The molecule has 0 bridgehead atoms. The Kier molecular flexibility index (Phi) is 6.02. The smallest absolute Gasteiger partial charge is 0.224 e. The fraction of sp³-hybridized carbons (Fsp3) is 0.562. The van der Waals surface area contributed by atoms with Crippen molar-refractivity contribution in [1.29, 1.82) is 0 Å². The zero-order valence-electron chi connectivity index (χ0n) is 12.8. The lowest BCUT2D eigenvalue weighted by Crippen LogP contribution is -2.39. The van der Waals surface area contributed by atoms with E-state index in [0.29, 0.717) is 13.0 Å². The van der Waals surface area contributed by atoms with Gasteiger partial charge < -0.3 is 15.2 Å². The minimum atomic E-state index is -0.549. The molecule has 2 N–H and O–H groups in total. The lowest BCUT2D eigenvalue weighted by molar-refractivity contribution is -0.121. The molecule has 0 aromatic heterocycles. The summed E-state index contributed by atoms with van der Waals surface area (Å²) in [4.78, 5) is 11.8. The second-order valence-corrected chi connectivity index (χ2v) is 5.94. The van der Waals surface area contributed by atoms with Gasteiger partial charge in [0.05, 0.1) is 19.1 Å². The number of aliphatic hydroxyl groups excluding tert-OH is 1. The van der Waals surface area contributed by atoms with E-state index in [0.717, 1.165) is 11.3 Å². The van der Waals surface area contributed by atoms with E-state index in [4.69, 9.17) is 4.74 Å². The van der Waals surface area contributed by atoms with E-state index in [2.05, 4.69) is 5.32 Å². The third-order valence-electron chi connectivity index (χ3n) is 3.09. The molecular weight excluding hydrogens is 254 g/mol. The molecule has 4 heteroatoms. The van der Waals surface area contributed by atoms with Gasteiger partial charge in [0.15, 0.2) is 0 Å². The largest absolute Gasteiger partial charge is 0.494 e. The van der Waals surface area contributed by atoms with Crippen LogP contribution in [0.25, 0.3) is 0 Å². The highest BCUT2D eigenvalue weighted by atomic mass is 16.5. The molecule has 4 nitrogen and oxygen atoms in total. The van der Waals surface area contributed by atoms with Gasteiger partial charge in [-0.2, -0.15) is 0 Å². The quantitative estimate of drug-likeness (QED) is 0.839. The summed E-state index contributed by atoms with van der Waals surface area (Å²) in [5.74, 6) is 0.720. The Morgan fingerprint density at radius 1 is 1.30 bits per heavy atom. The molecule has 0 saturated heterocycles. The average Bonchev–Trinajstić information content (AvgIpc) is 2.37. The maximum absolute atomic E-state index is 11.8. The molecule has 1 atom stereocenters. The van der Waals surface area contributed by atoms with E-state index in [9.17, 15) is 9.90 Å². The van der Waals surface area contributed by atoms with Gasteiger partial charge in [-0.25, -0.2) is 0 Å². The summed E-state index contributed by atoms with van der Waals surface area (Å²) in [5.41, 5.74) is 0.697. The van der Waals surface area contributed by atoms with Crippen molar-refractivity contribution < 1.29 is 14.6 Å². The Balaban J connectivity index is 2.42. The molecule has 0 saturated carbocycles. The summed E-state index contributed by atoms with van der Waals surface area (Å²) in [6, 6.07) is 7.47. The van der Waals surface area contributed by atoms with Crippen LogP contribution in [-0.2, 0) is 11.2 Å². The van der Waals surface area contributed by atoms with Gasteiger partial charge in [-0.1, -0.05) is 32.9 Å². The molecule has 20 heavy (non-hydrogen) atoms. The van der Waals surface area contributed by atoms with E-state index in [1.165, 1.54) is 0 Å². The number of aliphatic hydroxyl groups is 1. The van der Waals surface area contributed by atoms with Crippen molar-refractivity contribution in [2.75, 3.05) is 13.2 Å². The van der Waals surface area contributed by atoms with Gasteiger partial charge >= 0.3 is 0 Å². The van der Waals surface area contributed by atoms with Crippen molar-refractivity contribution in [2.24, 2.45) is 5.41 Å². The van der Waals surface area contributed by atoms with Gasteiger partial charge in [0.1, 0.15) is 5.75 Å². The van der Waals surface area contributed by atoms with E-state index < -0.39 is 6.10 Å². The predicted octanol–water partition coefficient (Wildman–Crippen LogP) is 2.15. The van der Waals surface area contributed by atoms with Gasteiger partial charge in [-0.05, 0) is 30.0 Å². The number of hydrogen-bond donors (Lipinski definition) is 2. The van der Waals surface area contributed by atoms with E-state index in [1.54, 1.807) is 0 Å². The summed E-state index contributed by atoms with van der Waals surface area (Å²) in [5, 5.41) is 12.6. The fourth-order valence-electron chi connectivity index (χ4n) is 1.63. The monoisotopic (exact) mass is 279 g/mol. The van der Waals surface area contributed by atoms with Gasteiger partial charge in [0, 0.05) is 6.54 Å². The maximum atomic E-state index is 11.8. The van der Waals surface area contributed by atoms with Crippen LogP contribution in [0.1, 0.15) is 33.3 Å². The zero-order chi connectivity index (χ0) is 15.2. The number of ether oxygens (including phenoxy) is 1. The van der Waals surface area contributed by atoms with Crippen molar-refractivity contribution in [1.82, 2.24) is 5.32 Å². The molecule has 0 fully saturated rings. The Morgan fingerprint density at radius 2 is 1.90 bits per heavy atom. The minimum absolute atomic E-state index is 0.0857. The molecule has 0 spiro atoms. The summed E-state index contributed by atoms with van der Waals surface area (Å²) in [7, 11) is 0. The fourth-order valence-corrected chi connectivity index (χ4v) is 1.63. The van der Waals surface area contributed by atoms with Crippen LogP contribution in [0.4, 0.5) is 0 Å². The van der Waals surface area contributed by atoms with Crippen LogP contribution in [0.5, 0.6) is 5.75 Å². The Bertz CT molecular complexity index is 420. The third kappa shape index (κ3) is 5.61. The zero-order valence-corrected chi connectivity index (χ0v) is 12.8. The number of carbonyl (C=O) groups excluding carboxylic acids is 1. The summed E-state index contributed by atoms with van der Waals surface area (Å²) in [6.45, 7) is 8.66. The first-order valence-corrected chi connectivity index (χ1v) is 6.99. The molecule has 0 heterocycles.